The topological polar surface area (TPSA) is 64.1 Å². The van der Waals surface area contributed by atoms with Gasteiger partial charge in [-0.25, -0.2) is 0 Å². The van der Waals surface area contributed by atoms with Crippen LogP contribution in [0.2, 0.25) is 0 Å². The van der Waals surface area contributed by atoms with Gasteiger partial charge >= 0.3 is 0 Å². The molecular formula is C21H33N3O3. The summed E-state index contributed by atoms with van der Waals surface area (Å²) in [4.78, 5) is 4.39. The molecule has 0 amide bonds. The third-order valence-corrected chi connectivity index (χ3v) is 5.51. The van der Waals surface area contributed by atoms with Crippen molar-refractivity contribution in [2.24, 2.45) is 10.4 Å². The molecule has 1 fully saturated rings. The lowest BCUT2D eigenvalue weighted by Gasteiger charge is -2.30. The zero-order chi connectivity index (χ0) is 19.0. The molecule has 0 bridgehead atoms. The summed E-state index contributed by atoms with van der Waals surface area (Å²) < 4.78 is 17.1. The zero-order valence-corrected chi connectivity index (χ0v) is 16.7. The van der Waals surface area contributed by atoms with Gasteiger partial charge in [0.15, 0.2) is 17.5 Å². The Morgan fingerprint density at radius 1 is 1.15 bits per heavy atom. The van der Waals surface area contributed by atoms with Gasteiger partial charge in [0.05, 0.1) is 13.2 Å². The fraction of sp³-hybridized carbons (Fsp3) is 0.667. The molecule has 1 aliphatic carbocycles. The largest absolute Gasteiger partial charge is 0.490 e. The summed E-state index contributed by atoms with van der Waals surface area (Å²) in [5.41, 5.74) is 1.26. The van der Waals surface area contributed by atoms with Gasteiger partial charge in [-0.05, 0) is 43.7 Å². The van der Waals surface area contributed by atoms with Crippen LogP contribution in [0.4, 0.5) is 5.69 Å². The Kier molecular flexibility index (Phi) is 7.21. The number of nitrogens with zero attached hydrogens (tertiary/aromatic N) is 1. The highest BCUT2D eigenvalue weighted by molar-refractivity contribution is 5.93. The number of nitrogens with one attached hydrogen (secondary N) is 2. The maximum Gasteiger partial charge on any atom is 0.195 e. The average Bonchev–Trinajstić information content (AvgIpc) is 3.02. The molecule has 0 unspecified atom stereocenters. The zero-order valence-electron chi connectivity index (χ0n) is 16.7. The second kappa shape index (κ2) is 9.83. The minimum atomic E-state index is 0.317. The number of aliphatic imine (C=N–C) groups is 1. The summed E-state index contributed by atoms with van der Waals surface area (Å²) in [6.45, 7) is 5.99. The van der Waals surface area contributed by atoms with Crippen molar-refractivity contribution < 1.29 is 14.2 Å². The van der Waals surface area contributed by atoms with E-state index in [9.17, 15) is 0 Å². The molecule has 1 aliphatic heterocycles. The first-order valence-corrected chi connectivity index (χ1v) is 10.2. The number of hydrogen-bond donors (Lipinski definition) is 2. The highest BCUT2D eigenvalue weighted by Crippen LogP contribution is 2.40. The van der Waals surface area contributed by atoms with Crippen molar-refractivity contribution in [3.8, 4) is 11.5 Å². The molecule has 6 heteroatoms. The Balaban J connectivity index is 1.58. The maximum absolute atomic E-state index is 5.78. The van der Waals surface area contributed by atoms with Crippen LogP contribution in [-0.2, 0) is 4.74 Å². The van der Waals surface area contributed by atoms with Gasteiger partial charge in [-0.15, -0.1) is 0 Å². The number of hydrogen-bond acceptors (Lipinski definition) is 4. The molecule has 0 saturated heterocycles. The normalized spacial score (nSPS) is 18.8. The fourth-order valence-electron chi connectivity index (χ4n) is 3.90. The second-order valence-corrected chi connectivity index (χ2v) is 7.42. The minimum Gasteiger partial charge on any atom is -0.490 e. The van der Waals surface area contributed by atoms with E-state index in [1.54, 1.807) is 7.05 Å². The number of benzene rings is 1. The van der Waals surface area contributed by atoms with E-state index in [0.29, 0.717) is 18.6 Å². The van der Waals surface area contributed by atoms with Crippen LogP contribution >= 0.6 is 0 Å². The third kappa shape index (κ3) is 5.51. The third-order valence-electron chi connectivity index (χ3n) is 5.51. The van der Waals surface area contributed by atoms with E-state index in [4.69, 9.17) is 14.2 Å². The Hall–Kier alpha value is -1.95. The molecule has 27 heavy (non-hydrogen) atoms. The van der Waals surface area contributed by atoms with Gasteiger partial charge in [0.25, 0.3) is 0 Å². The first kappa shape index (κ1) is 19.8. The standard InChI is InChI=1S/C21H33N3O3/c1-3-25-14-11-21(9-4-5-10-21)16-23-20(22-2)24-17-7-8-18-19(15-17)27-13-6-12-26-18/h7-8,15H,3-6,9-14,16H2,1-2H3,(H2,22,23,24). The van der Waals surface area contributed by atoms with Crippen molar-refractivity contribution in [1.82, 2.24) is 5.32 Å². The number of fused-ring (bicyclic) bond motifs is 1. The van der Waals surface area contributed by atoms with E-state index in [-0.39, 0.29) is 0 Å². The molecule has 0 spiro atoms. The molecule has 1 aromatic rings. The quantitative estimate of drug-likeness (QED) is 0.431. The average molecular weight is 376 g/mol. The fourth-order valence-corrected chi connectivity index (χ4v) is 3.90. The smallest absolute Gasteiger partial charge is 0.195 e. The predicted octanol–water partition coefficient (Wildman–Crippen LogP) is 3.82. The van der Waals surface area contributed by atoms with E-state index in [1.165, 1.54) is 25.7 Å². The van der Waals surface area contributed by atoms with Crippen LogP contribution in [0.25, 0.3) is 0 Å². The van der Waals surface area contributed by atoms with Gasteiger partial charge < -0.3 is 24.8 Å². The minimum absolute atomic E-state index is 0.317. The van der Waals surface area contributed by atoms with Crippen molar-refractivity contribution in [2.75, 3.05) is 45.3 Å². The Bertz CT molecular complexity index is 627. The van der Waals surface area contributed by atoms with Crippen molar-refractivity contribution >= 4 is 11.6 Å². The van der Waals surface area contributed by atoms with Crippen molar-refractivity contribution in [3.63, 3.8) is 0 Å². The lowest BCUT2D eigenvalue weighted by Crippen LogP contribution is -2.40. The van der Waals surface area contributed by atoms with E-state index < -0.39 is 0 Å². The highest BCUT2D eigenvalue weighted by Gasteiger charge is 2.33. The van der Waals surface area contributed by atoms with Gasteiger partial charge in [-0.1, -0.05) is 12.8 Å². The molecule has 1 saturated carbocycles. The molecule has 1 aromatic carbocycles. The SMILES string of the molecule is CCOCCC1(CNC(=NC)Nc2ccc3c(c2)OCCCO3)CCCC1. The van der Waals surface area contributed by atoms with Crippen LogP contribution in [0.5, 0.6) is 11.5 Å². The molecule has 2 aliphatic rings. The molecule has 3 rings (SSSR count). The molecule has 1 heterocycles. The van der Waals surface area contributed by atoms with Gasteiger partial charge in [0, 0.05) is 45.0 Å². The summed E-state index contributed by atoms with van der Waals surface area (Å²) in [7, 11) is 1.81. The summed E-state index contributed by atoms with van der Waals surface area (Å²) >= 11 is 0. The first-order chi connectivity index (χ1) is 13.2. The van der Waals surface area contributed by atoms with Crippen molar-refractivity contribution in [2.45, 2.75) is 45.4 Å². The van der Waals surface area contributed by atoms with E-state index in [0.717, 1.165) is 55.7 Å². The predicted molar refractivity (Wildman–Crippen MR) is 109 cm³/mol. The van der Waals surface area contributed by atoms with E-state index in [2.05, 4.69) is 22.5 Å². The lowest BCUT2D eigenvalue weighted by molar-refractivity contribution is 0.105. The van der Waals surface area contributed by atoms with E-state index >= 15 is 0 Å². The Morgan fingerprint density at radius 3 is 2.67 bits per heavy atom. The molecular weight excluding hydrogens is 342 g/mol. The molecule has 150 valence electrons. The lowest BCUT2D eigenvalue weighted by atomic mass is 9.83. The van der Waals surface area contributed by atoms with Crippen LogP contribution in [0.15, 0.2) is 23.2 Å². The number of rotatable bonds is 7. The summed E-state index contributed by atoms with van der Waals surface area (Å²) in [5.74, 6) is 2.38. The monoisotopic (exact) mass is 375 g/mol. The Morgan fingerprint density at radius 2 is 1.93 bits per heavy atom. The number of ether oxygens (including phenoxy) is 3. The van der Waals surface area contributed by atoms with Crippen LogP contribution in [0, 0.1) is 5.41 Å². The highest BCUT2D eigenvalue weighted by atomic mass is 16.5. The summed E-state index contributed by atoms with van der Waals surface area (Å²) in [6.07, 6.45) is 7.14. The molecule has 2 N–H and O–H groups in total. The molecule has 0 aromatic heterocycles. The van der Waals surface area contributed by atoms with Gasteiger partial charge in [-0.2, -0.15) is 0 Å². The Labute approximate surface area is 162 Å². The molecule has 6 nitrogen and oxygen atoms in total. The van der Waals surface area contributed by atoms with Crippen molar-refractivity contribution in [1.29, 1.82) is 0 Å². The maximum atomic E-state index is 5.78. The summed E-state index contributed by atoms with van der Waals surface area (Å²) in [6, 6.07) is 5.94. The van der Waals surface area contributed by atoms with Crippen LogP contribution in [-0.4, -0.2) is 46.0 Å². The number of guanidine groups is 1. The summed E-state index contributed by atoms with van der Waals surface area (Å²) in [5, 5.41) is 6.91. The second-order valence-electron chi connectivity index (χ2n) is 7.42. The molecule has 0 atom stereocenters. The van der Waals surface area contributed by atoms with Gasteiger partial charge in [0.2, 0.25) is 0 Å². The van der Waals surface area contributed by atoms with Crippen molar-refractivity contribution in [3.05, 3.63) is 18.2 Å². The van der Waals surface area contributed by atoms with Crippen LogP contribution in [0.3, 0.4) is 0 Å². The van der Waals surface area contributed by atoms with Crippen LogP contribution < -0.4 is 20.1 Å². The van der Waals surface area contributed by atoms with E-state index in [1.807, 2.05) is 18.2 Å². The van der Waals surface area contributed by atoms with Crippen LogP contribution in [0.1, 0.15) is 45.4 Å². The first-order valence-electron chi connectivity index (χ1n) is 10.2. The van der Waals surface area contributed by atoms with Gasteiger partial charge in [-0.3, -0.25) is 4.99 Å². The van der Waals surface area contributed by atoms with Gasteiger partial charge in [0.1, 0.15) is 0 Å². The molecule has 0 radical (unpaired) electrons. The number of anilines is 1.